The van der Waals surface area contributed by atoms with Gasteiger partial charge in [0, 0.05) is 6.04 Å². The van der Waals surface area contributed by atoms with Gasteiger partial charge in [0.25, 0.3) is 0 Å². The first-order chi connectivity index (χ1) is 7.44. The highest BCUT2D eigenvalue weighted by Crippen LogP contribution is 2.47. The largest absolute Gasteiger partial charge is 0.465 e. The number of anilines is 1. The Labute approximate surface area is 99.0 Å². The number of thiazole rings is 1. The highest BCUT2D eigenvalue weighted by Gasteiger charge is 2.46. The number of rotatable bonds is 3. The van der Waals surface area contributed by atoms with Crippen LogP contribution in [0.15, 0.2) is 0 Å². The summed E-state index contributed by atoms with van der Waals surface area (Å²) in [5, 5.41) is 4.16. The van der Waals surface area contributed by atoms with E-state index in [1.54, 1.807) is 0 Å². The normalized spacial score (nSPS) is 21.6. The molecule has 0 saturated heterocycles. The molecule has 1 aliphatic carbocycles. The fourth-order valence-electron chi connectivity index (χ4n) is 1.60. The monoisotopic (exact) mass is 240 g/mol. The summed E-state index contributed by atoms with van der Waals surface area (Å²) in [6.07, 6.45) is 1.15. The number of esters is 1. The summed E-state index contributed by atoms with van der Waals surface area (Å²) in [5.74, 6) is -0.307. The molecule has 5 heteroatoms. The lowest BCUT2D eigenvalue weighted by Crippen LogP contribution is -2.07. The van der Waals surface area contributed by atoms with Gasteiger partial charge in [-0.1, -0.05) is 25.2 Å². The van der Waals surface area contributed by atoms with E-state index in [1.807, 2.05) is 6.92 Å². The molecular formula is C11H16N2O2S. The topological polar surface area (TPSA) is 51.2 Å². The van der Waals surface area contributed by atoms with Crippen LogP contribution in [0.5, 0.6) is 0 Å². The molecule has 0 aromatic carbocycles. The zero-order chi connectivity index (χ0) is 11.9. The molecule has 1 aliphatic rings. The SMILES string of the molecule is COC(=O)c1sc(NC2CC2(C)C)nc1C. The van der Waals surface area contributed by atoms with Gasteiger partial charge < -0.3 is 10.1 Å². The van der Waals surface area contributed by atoms with Gasteiger partial charge in [-0.05, 0) is 18.8 Å². The molecule has 0 amide bonds. The maximum Gasteiger partial charge on any atom is 0.350 e. The number of ether oxygens (including phenoxy) is 1. The van der Waals surface area contributed by atoms with Gasteiger partial charge in [0.05, 0.1) is 12.8 Å². The third-order valence-electron chi connectivity index (χ3n) is 2.98. The first kappa shape index (κ1) is 11.4. The highest BCUT2D eigenvalue weighted by molar-refractivity contribution is 7.17. The number of nitrogens with zero attached hydrogens (tertiary/aromatic N) is 1. The maximum absolute atomic E-state index is 11.4. The molecule has 1 saturated carbocycles. The number of nitrogens with one attached hydrogen (secondary N) is 1. The first-order valence-electron chi connectivity index (χ1n) is 5.26. The zero-order valence-corrected chi connectivity index (χ0v) is 10.8. The standard InChI is InChI=1S/C11H16N2O2S/c1-6-8(9(14)15-4)16-10(12-6)13-7-5-11(7,2)3/h7H,5H2,1-4H3,(H,12,13). The van der Waals surface area contributed by atoms with Crippen molar-refractivity contribution in [1.82, 2.24) is 4.98 Å². The van der Waals surface area contributed by atoms with Gasteiger partial charge >= 0.3 is 5.97 Å². The molecule has 1 N–H and O–H groups in total. The Hall–Kier alpha value is -1.10. The van der Waals surface area contributed by atoms with Crippen LogP contribution in [0.2, 0.25) is 0 Å². The van der Waals surface area contributed by atoms with Crippen molar-refractivity contribution in [2.45, 2.75) is 33.2 Å². The minimum absolute atomic E-state index is 0.307. The molecule has 0 spiro atoms. The molecule has 16 heavy (non-hydrogen) atoms. The van der Waals surface area contributed by atoms with Gasteiger partial charge in [0.15, 0.2) is 5.13 Å². The molecule has 1 atom stereocenters. The molecule has 1 heterocycles. The summed E-state index contributed by atoms with van der Waals surface area (Å²) in [5.41, 5.74) is 1.09. The van der Waals surface area contributed by atoms with Crippen molar-refractivity contribution >= 4 is 22.4 Å². The Morgan fingerprint density at radius 3 is 2.75 bits per heavy atom. The van der Waals surface area contributed by atoms with Gasteiger partial charge in [-0.15, -0.1) is 0 Å². The van der Waals surface area contributed by atoms with E-state index < -0.39 is 0 Å². The van der Waals surface area contributed by atoms with Gasteiger partial charge in [-0.3, -0.25) is 0 Å². The van der Waals surface area contributed by atoms with Crippen LogP contribution in [0, 0.1) is 12.3 Å². The quantitative estimate of drug-likeness (QED) is 0.824. The third kappa shape index (κ3) is 2.04. The highest BCUT2D eigenvalue weighted by atomic mass is 32.1. The molecule has 2 rings (SSSR count). The summed E-state index contributed by atoms with van der Waals surface area (Å²) in [6.45, 7) is 6.25. The molecule has 1 aromatic heterocycles. The van der Waals surface area contributed by atoms with Crippen LogP contribution in [0.1, 0.15) is 35.6 Å². The molecule has 1 aromatic rings. The molecule has 1 unspecified atom stereocenters. The van der Waals surface area contributed by atoms with Crippen molar-refractivity contribution < 1.29 is 9.53 Å². The number of carbonyl (C=O) groups is 1. The Bertz CT molecular complexity index is 426. The molecule has 88 valence electrons. The van der Waals surface area contributed by atoms with E-state index in [0.29, 0.717) is 16.3 Å². The average Bonchev–Trinajstić information content (AvgIpc) is 2.63. The van der Waals surface area contributed by atoms with E-state index in [9.17, 15) is 4.79 Å². The van der Waals surface area contributed by atoms with E-state index in [0.717, 1.165) is 17.2 Å². The molecule has 4 nitrogen and oxygen atoms in total. The summed E-state index contributed by atoms with van der Waals surface area (Å²) >= 11 is 1.36. The van der Waals surface area contributed by atoms with E-state index >= 15 is 0 Å². The Balaban J connectivity index is 2.10. The summed E-state index contributed by atoms with van der Waals surface area (Å²) in [4.78, 5) is 16.3. The molecule has 0 bridgehead atoms. The second-order valence-corrected chi connectivity index (χ2v) is 5.81. The van der Waals surface area contributed by atoms with Crippen LogP contribution in [-0.4, -0.2) is 24.1 Å². The predicted octanol–water partition coefficient (Wildman–Crippen LogP) is 2.45. The third-order valence-corrected chi connectivity index (χ3v) is 4.05. The van der Waals surface area contributed by atoms with Gasteiger partial charge in [-0.25, -0.2) is 9.78 Å². The van der Waals surface area contributed by atoms with Crippen molar-refractivity contribution in [2.24, 2.45) is 5.41 Å². The number of aromatic nitrogens is 1. The summed E-state index contributed by atoms with van der Waals surface area (Å²) < 4.78 is 4.70. The number of aryl methyl sites for hydroxylation is 1. The van der Waals surface area contributed by atoms with Crippen molar-refractivity contribution in [3.63, 3.8) is 0 Å². The lowest BCUT2D eigenvalue weighted by Gasteiger charge is -2.03. The van der Waals surface area contributed by atoms with Gasteiger partial charge in [0.1, 0.15) is 4.88 Å². The number of carbonyl (C=O) groups excluding carboxylic acids is 1. The zero-order valence-electron chi connectivity index (χ0n) is 9.96. The lowest BCUT2D eigenvalue weighted by molar-refractivity contribution is 0.0605. The predicted molar refractivity (Wildman–Crippen MR) is 64.0 cm³/mol. The van der Waals surface area contributed by atoms with Crippen molar-refractivity contribution in [1.29, 1.82) is 0 Å². The van der Waals surface area contributed by atoms with Crippen LogP contribution < -0.4 is 5.32 Å². The fourth-order valence-corrected chi connectivity index (χ4v) is 2.54. The van der Waals surface area contributed by atoms with Crippen LogP contribution in [0.25, 0.3) is 0 Å². The Kier molecular flexibility index (Phi) is 2.66. The Morgan fingerprint density at radius 1 is 1.62 bits per heavy atom. The average molecular weight is 240 g/mol. The van der Waals surface area contributed by atoms with Gasteiger partial charge in [0.2, 0.25) is 0 Å². The molecule has 0 radical (unpaired) electrons. The lowest BCUT2D eigenvalue weighted by atomic mass is 10.2. The second kappa shape index (κ2) is 3.73. The van der Waals surface area contributed by atoms with Crippen LogP contribution in [0.3, 0.4) is 0 Å². The minimum Gasteiger partial charge on any atom is -0.465 e. The van der Waals surface area contributed by atoms with Crippen molar-refractivity contribution in [3.05, 3.63) is 10.6 Å². The van der Waals surface area contributed by atoms with Crippen molar-refractivity contribution in [2.75, 3.05) is 12.4 Å². The van der Waals surface area contributed by atoms with E-state index in [-0.39, 0.29) is 5.97 Å². The summed E-state index contributed by atoms with van der Waals surface area (Å²) in [6, 6.07) is 0.476. The molecular weight excluding hydrogens is 224 g/mol. The van der Waals surface area contributed by atoms with Crippen molar-refractivity contribution in [3.8, 4) is 0 Å². The second-order valence-electron chi connectivity index (χ2n) is 4.81. The van der Waals surface area contributed by atoms with E-state index in [2.05, 4.69) is 24.1 Å². The molecule has 0 aliphatic heterocycles. The number of hydrogen-bond donors (Lipinski definition) is 1. The maximum atomic E-state index is 11.4. The first-order valence-corrected chi connectivity index (χ1v) is 6.08. The number of hydrogen-bond acceptors (Lipinski definition) is 5. The van der Waals surface area contributed by atoms with Gasteiger partial charge in [-0.2, -0.15) is 0 Å². The summed E-state index contributed by atoms with van der Waals surface area (Å²) in [7, 11) is 1.39. The number of methoxy groups -OCH3 is 1. The van der Waals surface area contributed by atoms with Crippen LogP contribution in [0.4, 0.5) is 5.13 Å². The smallest absolute Gasteiger partial charge is 0.350 e. The Morgan fingerprint density at radius 2 is 2.25 bits per heavy atom. The fraction of sp³-hybridized carbons (Fsp3) is 0.636. The molecule has 1 fully saturated rings. The van der Waals surface area contributed by atoms with E-state index in [4.69, 9.17) is 4.74 Å². The minimum atomic E-state index is -0.307. The van der Waals surface area contributed by atoms with Crippen LogP contribution in [-0.2, 0) is 4.74 Å². The van der Waals surface area contributed by atoms with E-state index in [1.165, 1.54) is 18.4 Å². The van der Waals surface area contributed by atoms with Crippen LogP contribution >= 0.6 is 11.3 Å².